The van der Waals surface area contributed by atoms with Crippen LogP contribution in [0.1, 0.15) is 21.7 Å². The van der Waals surface area contributed by atoms with Crippen LogP contribution in [0, 0.1) is 19.7 Å². The number of carbonyl (C=O) groups is 1. The van der Waals surface area contributed by atoms with E-state index in [1.165, 1.54) is 12.1 Å². The van der Waals surface area contributed by atoms with Gasteiger partial charge >= 0.3 is 0 Å². The SMILES string of the molecule is Cc1[nH]nc(C(=O)Nc2ccccc2F)c1C. The molecule has 4 nitrogen and oxygen atoms in total. The van der Waals surface area contributed by atoms with E-state index < -0.39 is 11.7 Å². The topological polar surface area (TPSA) is 57.8 Å². The van der Waals surface area contributed by atoms with Gasteiger partial charge in [0, 0.05) is 11.3 Å². The Morgan fingerprint density at radius 3 is 2.65 bits per heavy atom. The fourth-order valence-electron chi connectivity index (χ4n) is 1.45. The number of aromatic amines is 1. The lowest BCUT2D eigenvalue weighted by Gasteiger charge is -2.04. The van der Waals surface area contributed by atoms with Crippen LogP contribution < -0.4 is 5.32 Å². The van der Waals surface area contributed by atoms with Gasteiger partial charge in [0.25, 0.3) is 5.91 Å². The van der Waals surface area contributed by atoms with Gasteiger partial charge < -0.3 is 5.32 Å². The number of H-pyrrole nitrogens is 1. The zero-order valence-corrected chi connectivity index (χ0v) is 9.54. The molecule has 0 aliphatic rings. The fraction of sp³-hybridized carbons (Fsp3) is 0.167. The van der Waals surface area contributed by atoms with Gasteiger partial charge in [-0.1, -0.05) is 12.1 Å². The van der Waals surface area contributed by atoms with Gasteiger partial charge in [0.15, 0.2) is 5.69 Å². The zero-order valence-electron chi connectivity index (χ0n) is 9.54. The Labute approximate surface area is 97.9 Å². The molecule has 0 radical (unpaired) electrons. The first kappa shape index (κ1) is 11.3. The van der Waals surface area contributed by atoms with Crippen molar-refractivity contribution in [1.29, 1.82) is 0 Å². The molecule has 5 heteroatoms. The van der Waals surface area contributed by atoms with Crippen molar-refractivity contribution < 1.29 is 9.18 Å². The van der Waals surface area contributed by atoms with Gasteiger partial charge in [0.1, 0.15) is 5.82 Å². The first-order valence-corrected chi connectivity index (χ1v) is 5.17. The summed E-state index contributed by atoms with van der Waals surface area (Å²) in [4.78, 5) is 11.8. The third-order valence-electron chi connectivity index (χ3n) is 2.59. The van der Waals surface area contributed by atoms with Crippen LogP contribution in [0.3, 0.4) is 0 Å². The molecule has 0 aliphatic carbocycles. The lowest BCUT2D eigenvalue weighted by atomic mass is 10.2. The molecule has 17 heavy (non-hydrogen) atoms. The molecule has 0 unspecified atom stereocenters. The highest BCUT2D eigenvalue weighted by molar-refractivity contribution is 6.03. The van der Waals surface area contributed by atoms with E-state index in [4.69, 9.17) is 0 Å². The lowest BCUT2D eigenvalue weighted by molar-refractivity contribution is 0.102. The molecule has 0 spiro atoms. The Balaban J connectivity index is 2.23. The Kier molecular flexibility index (Phi) is 2.91. The number of amides is 1. The van der Waals surface area contributed by atoms with E-state index in [-0.39, 0.29) is 11.4 Å². The molecule has 0 saturated carbocycles. The van der Waals surface area contributed by atoms with Gasteiger partial charge in [-0.3, -0.25) is 9.89 Å². The van der Waals surface area contributed by atoms with Gasteiger partial charge in [-0.25, -0.2) is 4.39 Å². The number of carbonyl (C=O) groups excluding carboxylic acids is 1. The van der Waals surface area contributed by atoms with Crippen molar-refractivity contribution in [3.63, 3.8) is 0 Å². The number of aryl methyl sites for hydroxylation is 1. The highest BCUT2D eigenvalue weighted by atomic mass is 19.1. The van der Waals surface area contributed by atoms with Crippen molar-refractivity contribution >= 4 is 11.6 Å². The van der Waals surface area contributed by atoms with Crippen LogP contribution in [0.2, 0.25) is 0 Å². The number of aromatic nitrogens is 2. The van der Waals surface area contributed by atoms with Crippen molar-refractivity contribution in [2.24, 2.45) is 0 Å². The fourth-order valence-corrected chi connectivity index (χ4v) is 1.45. The Bertz CT molecular complexity index is 563. The van der Waals surface area contributed by atoms with Crippen molar-refractivity contribution in [3.05, 3.63) is 47.0 Å². The van der Waals surface area contributed by atoms with Crippen LogP contribution in [-0.2, 0) is 0 Å². The summed E-state index contributed by atoms with van der Waals surface area (Å²) >= 11 is 0. The average Bonchev–Trinajstić information content (AvgIpc) is 2.63. The Morgan fingerprint density at radius 2 is 2.06 bits per heavy atom. The molecule has 0 aliphatic heterocycles. The van der Waals surface area contributed by atoms with Crippen molar-refractivity contribution in [1.82, 2.24) is 10.2 Å². The molecule has 1 aromatic carbocycles. The van der Waals surface area contributed by atoms with Gasteiger partial charge in [-0.15, -0.1) is 0 Å². The second kappa shape index (κ2) is 4.37. The maximum absolute atomic E-state index is 13.3. The number of anilines is 1. The minimum absolute atomic E-state index is 0.151. The summed E-state index contributed by atoms with van der Waals surface area (Å²) in [6.07, 6.45) is 0. The number of benzene rings is 1. The second-order valence-electron chi connectivity index (χ2n) is 3.76. The van der Waals surface area contributed by atoms with E-state index in [0.717, 1.165) is 11.3 Å². The third-order valence-corrected chi connectivity index (χ3v) is 2.59. The van der Waals surface area contributed by atoms with E-state index in [1.807, 2.05) is 6.92 Å². The predicted octanol–water partition coefficient (Wildman–Crippen LogP) is 2.42. The molecule has 2 N–H and O–H groups in total. The number of para-hydroxylation sites is 1. The molecular weight excluding hydrogens is 221 g/mol. The summed E-state index contributed by atoms with van der Waals surface area (Å²) in [5.74, 6) is -0.886. The highest BCUT2D eigenvalue weighted by Gasteiger charge is 2.15. The maximum Gasteiger partial charge on any atom is 0.276 e. The van der Waals surface area contributed by atoms with Gasteiger partial charge in [-0.05, 0) is 26.0 Å². The largest absolute Gasteiger partial charge is 0.318 e. The molecule has 2 rings (SSSR count). The molecule has 0 saturated heterocycles. The van der Waals surface area contributed by atoms with E-state index in [1.54, 1.807) is 19.1 Å². The summed E-state index contributed by atoms with van der Waals surface area (Å²) in [6, 6.07) is 6.01. The Morgan fingerprint density at radius 1 is 1.35 bits per heavy atom. The summed E-state index contributed by atoms with van der Waals surface area (Å²) in [5.41, 5.74) is 2.02. The quantitative estimate of drug-likeness (QED) is 0.836. The molecule has 1 amide bonds. The van der Waals surface area contributed by atoms with Crippen LogP contribution >= 0.6 is 0 Å². The molecule has 2 aromatic rings. The zero-order chi connectivity index (χ0) is 12.4. The number of hydrogen-bond donors (Lipinski definition) is 2. The summed E-state index contributed by atoms with van der Waals surface area (Å²) in [6.45, 7) is 3.61. The molecule has 88 valence electrons. The number of nitrogens with one attached hydrogen (secondary N) is 2. The van der Waals surface area contributed by atoms with Gasteiger partial charge in [0.2, 0.25) is 0 Å². The summed E-state index contributed by atoms with van der Waals surface area (Å²) in [5, 5.41) is 9.08. The van der Waals surface area contributed by atoms with Crippen molar-refractivity contribution in [2.75, 3.05) is 5.32 Å². The van der Waals surface area contributed by atoms with Crippen LogP contribution in [0.25, 0.3) is 0 Å². The summed E-state index contributed by atoms with van der Waals surface area (Å²) in [7, 11) is 0. The third kappa shape index (κ3) is 2.18. The minimum atomic E-state index is -0.467. The maximum atomic E-state index is 13.3. The minimum Gasteiger partial charge on any atom is -0.318 e. The molecule has 0 bridgehead atoms. The lowest BCUT2D eigenvalue weighted by Crippen LogP contribution is -2.14. The number of halogens is 1. The normalized spacial score (nSPS) is 10.3. The van der Waals surface area contributed by atoms with Crippen LogP contribution in [0.5, 0.6) is 0 Å². The smallest absolute Gasteiger partial charge is 0.276 e. The van der Waals surface area contributed by atoms with E-state index >= 15 is 0 Å². The van der Waals surface area contributed by atoms with Crippen LogP contribution in [-0.4, -0.2) is 16.1 Å². The average molecular weight is 233 g/mol. The van der Waals surface area contributed by atoms with Crippen molar-refractivity contribution in [3.8, 4) is 0 Å². The number of rotatable bonds is 2. The van der Waals surface area contributed by atoms with E-state index in [2.05, 4.69) is 15.5 Å². The second-order valence-corrected chi connectivity index (χ2v) is 3.76. The highest BCUT2D eigenvalue weighted by Crippen LogP contribution is 2.15. The molecule has 1 aromatic heterocycles. The molecule has 1 heterocycles. The van der Waals surface area contributed by atoms with Crippen molar-refractivity contribution in [2.45, 2.75) is 13.8 Å². The molecular formula is C12H12FN3O. The molecule has 0 fully saturated rings. The summed E-state index contributed by atoms with van der Waals surface area (Å²) < 4.78 is 13.3. The number of nitrogens with zero attached hydrogens (tertiary/aromatic N) is 1. The monoisotopic (exact) mass is 233 g/mol. The van der Waals surface area contributed by atoms with Gasteiger partial charge in [-0.2, -0.15) is 5.10 Å². The standard InChI is InChI=1S/C12H12FN3O/c1-7-8(2)15-16-11(7)12(17)14-10-6-4-3-5-9(10)13/h3-6H,1-2H3,(H,14,17)(H,15,16). The van der Waals surface area contributed by atoms with E-state index in [0.29, 0.717) is 0 Å². The first-order chi connectivity index (χ1) is 8.09. The predicted molar refractivity (Wildman–Crippen MR) is 62.4 cm³/mol. The van der Waals surface area contributed by atoms with Gasteiger partial charge in [0.05, 0.1) is 5.69 Å². The van der Waals surface area contributed by atoms with Crippen LogP contribution in [0.15, 0.2) is 24.3 Å². The molecule has 0 atom stereocenters. The van der Waals surface area contributed by atoms with E-state index in [9.17, 15) is 9.18 Å². The van der Waals surface area contributed by atoms with Crippen LogP contribution in [0.4, 0.5) is 10.1 Å². The number of hydrogen-bond acceptors (Lipinski definition) is 2. The first-order valence-electron chi connectivity index (χ1n) is 5.17. The Hall–Kier alpha value is -2.17.